The molecule has 70 valence electrons. The second-order valence-corrected chi connectivity index (χ2v) is 2.37. The standard InChI is InChI=1S/C8H11N3O2/c1-3-7-6(4-9-5-10-7)8(12)11-13-2/h4-5H,3H2,1-2H3,(H,11,12). The van der Waals surface area contributed by atoms with E-state index in [2.05, 4.69) is 20.3 Å². The molecule has 1 aromatic rings. The Hall–Kier alpha value is -1.49. The molecule has 0 aliphatic heterocycles. The number of nitrogens with one attached hydrogen (secondary N) is 1. The summed E-state index contributed by atoms with van der Waals surface area (Å²) in [5, 5.41) is 0. The maximum absolute atomic E-state index is 11.3. The van der Waals surface area contributed by atoms with Crippen molar-refractivity contribution >= 4 is 5.91 Å². The lowest BCUT2D eigenvalue weighted by molar-refractivity contribution is 0.0536. The molecule has 13 heavy (non-hydrogen) atoms. The first-order valence-electron chi connectivity index (χ1n) is 3.91. The fourth-order valence-corrected chi connectivity index (χ4v) is 0.974. The van der Waals surface area contributed by atoms with Crippen LogP contribution in [0.1, 0.15) is 23.0 Å². The van der Waals surface area contributed by atoms with Crippen molar-refractivity contribution in [2.24, 2.45) is 0 Å². The molecule has 0 spiro atoms. The number of carbonyl (C=O) groups is 1. The smallest absolute Gasteiger partial charge is 0.277 e. The van der Waals surface area contributed by atoms with Crippen LogP contribution in [0, 0.1) is 0 Å². The van der Waals surface area contributed by atoms with Gasteiger partial charge in [0.1, 0.15) is 6.33 Å². The van der Waals surface area contributed by atoms with E-state index in [-0.39, 0.29) is 5.91 Å². The summed E-state index contributed by atoms with van der Waals surface area (Å²) in [5.41, 5.74) is 3.38. The van der Waals surface area contributed by atoms with E-state index in [9.17, 15) is 4.79 Å². The van der Waals surface area contributed by atoms with E-state index >= 15 is 0 Å². The zero-order valence-electron chi connectivity index (χ0n) is 7.57. The van der Waals surface area contributed by atoms with Crippen LogP contribution in [0.2, 0.25) is 0 Å². The first-order chi connectivity index (χ1) is 6.29. The average Bonchev–Trinajstić information content (AvgIpc) is 2.18. The molecule has 0 aliphatic carbocycles. The van der Waals surface area contributed by atoms with Crippen molar-refractivity contribution in [3.05, 3.63) is 23.8 Å². The monoisotopic (exact) mass is 181 g/mol. The fraction of sp³-hybridized carbons (Fsp3) is 0.375. The third-order valence-corrected chi connectivity index (χ3v) is 1.57. The van der Waals surface area contributed by atoms with Gasteiger partial charge in [0.15, 0.2) is 0 Å². The van der Waals surface area contributed by atoms with Gasteiger partial charge in [0.2, 0.25) is 0 Å². The van der Waals surface area contributed by atoms with E-state index in [1.165, 1.54) is 19.6 Å². The van der Waals surface area contributed by atoms with Crippen LogP contribution in [0.25, 0.3) is 0 Å². The van der Waals surface area contributed by atoms with Gasteiger partial charge < -0.3 is 0 Å². The molecule has 1 rings (SSSR count). The van der Waals surface area contributed by atoms with Crippen molar-refractivity contribution in [2.45, 2.75) is 13.3 Å². The molecule has 1 N–H and O–H groups in total. The van der Waals surface area contributed by atoms with Gasteiger partial charge in [0.25, 0.3) is 5.91 Å². The second-order valence-electron chi connectivity index (χ2n) is 2.37. The highest BCUT2D eigenvalue weighted by molar-refractivity contribution is 5.94. The van der Waals surface area contributed by atoms with Crippen LogP contribution in [0.4, 0.5) is 0 Å². The number of hydroxylamine groups is 1. The summed E-state index contributed by atoms with van der Waals surface area (Å²) in [6.07, 6.45) is 3.58. The summed E-state index contributed by atoms with van der Waals surface area (Å²) < 4.78 is 0. The topological polar surface area (TPSA) is 64.1 Å². The van der Waals surface area contributed by atoms with Crippen LogP contribution in [0.15, 0.2) is 12.5 Å². The van der Waals surface area contributed by atoms with Gasteiger partial charge >= 0.3 is 0 Å². The molecule has 0 fully saturated rings. The molecule has 1 heterocycles. The van der Waals surface area contributed by atoms with E-state index in [0.717, 1.165) is 0 Å². The minimum atomic E-state index is -0.319. The highest BCUT2D eigenvalue weighted by atomic mass is 16.6. The van der Waals surface area contributed by atoms with Gasteiger partial charge in [-0.25, -0.2) is 15.4 Å². The van der Waals surface area contributed by atoms with Crippen LogP contribution < -0.4 is 5.48 Å². The zero-order valence-corrected chi connectivity index (χ0v) is 7.57. The third kappa shape index (κ3) is 2.22. The highest BCUT2D eigenvalue weighted by Gasteiger charge is 2.10. The minimum absolute atomic E-state index is 0.319. The van der Waals surface area contributed by atoms with Gasteiger partial charge in [-0.05, 0) is 6.42 Å². The molecule has 0 saturated heterocycles. The lowest BCUT2D eigenvalue weighted by atomic mass is 10.2. The Bertz CT molecular complexity index is 301. The predicted octanol–water partition coefficient (Wildman–Crippen LogP) is 0.330. The molecule has 1 amide bonds. The Morgan fingerprint density at radius 3 is 3.08 bits per heavy atom. The molecule has 0 saturated carbocycles. The van der Waals surface area contributed by atoms with Crippen molar-refractivity contribution in [3.63, 3.8) is 0 Å². The average molecular weight is 181 g/mol. The van der Waals surface area contributed by atoms with Crippen molar-refractivity contribution in [2.75, 3.05) is 7.11 Å². The molecule has 0 aromatic carbocycles. The SMILES string of the molecule is CCc1ncncc1C(=O)NOC. The quantitative estimate of drug-likeness (QED) is 0.682. The van der Waals surface area contributed by atoms with E-state index in [4.69, 9.17) is 0 Å². The molecule has 5 nitrogen and oxygen atoms in total. The highest BCUT2D eigenvalue weighted by Crippen LogP contribution is 2.03. The molecule has 0 aliphatic rings. The summed E-state index contributed by atoms with van der Waals surface area (Å²) in [5.74, 6) is -0.319. The van der Waals surface area contributed by atoms with Crippen molar-refractivity contribution < 1.29 is 9.63 Å². The second kappa shape index (κ2) is 4.51. The van der Waals surface area contributed by atoms with Crippen molar-refractivity contribution in [1.82, 2.24) is 15.4 Å². The minimum Gasteiger partial charge on any atom is -0.277 e. The lowest BCUT2D eigenvalue weighted by Crippen LogP contribution is -2.23. The molecular weight excluding hydrogens is 170 g/mol. The molecular formula is C8H11N3O2. The normalized spacial score (nSPS) is 9.69. The summed E-state index contributed by atoms with van der Waals surface area (Å²) in [7, 11) is 1.38. The van der Waals surface area contributed by atoms with E-state index < -0.39 is 0 Å². The summed E-state index contributed by atoms with van der Waals surface area (Å²) in [6.45, 7) is 1.92. The first kappa shape index (κ1) is 9.60. The Kier molecular flexibility index (Phi) is 3.33. The third-order valence-electron chi connectivity index (χ3n) is 1.57. The fourth-order valence-electron chi connectivity index (χ4n) is 0.974. The van der Waals surface area contributed by atoms with Crippen LogP contribution in [0.3, 0.4) is 0 Å². The van der Waals surface area contributed by atoms with E-state index in [1.54, 1.807) is 0 Å². The van der Waals surface area contributed by atoms with Gasteiger partial charge in [-0.2, -0.15) is 0 Å². The number of hydrogen-bond acceptors (Lipinski definition) is 4. The number of aryl methyl sites for hydroxylation is 1. The van der Waals surface area contributed by atoms with Crippen LogP contribution in [0.5, 0.6) is 0 Å². The van der Waals surface area contributed by atoms with Gasteiger partial charge in [-0.15, -0.1) is 0 Å². The number of nitrogens with zero attached hydrogens (tertiary/aromatic N) is 2. The van der Waals surface area contributed by atoms with E-state index in [0.29, 0.717) is 17.7 Å². The molecule has 5 heteroatoms. The Balaban J connectivity index is 2.92. The van der Waals surface area contributed by atoms with Crippen molar-refractivity contribution in [3.8, 4) is 0 Å². The van der Waals surface area contributed by atoms with Crippen LogP contribution >= 0.6 is 0 Å². The molecule has 0 atom stereocenters. The first-order valence-corrected chi connectivity index (χ1v) is 3.91. The van der Waals surface area contributed by atoms with Gasteiger partial charge in [-0.3, -0.25) is 9.63 Å². The number of carbonyl (C=O) groups excluding carboxylic acids is 1. The zero-order chi connectivity index (χ0) is 9.68. The molecule has 0 bridgehead atoms. The lowest BCUT2D eigenvalue weighted by Gasteiger charge is -2.04. The Morgan fingerprint density at radius 1 is 1.69 bits per heavy atom. The summed E-state index contributed by atoms with van der Waals surface area (Å²) in [6, 6.07) is 0. The number of aromatic nitrogens is 2. The number of amides is 1. The van der Waals surface area contributed by atoms with Gasteiger partial charge in [0.05, 0.1) is 18.4 Å². The predicted molar refractivity (Wildman–Crippen MR) is 45.9 cm³/mol. The molecule has 1 aromatic heterocycles. The largest absolute Gasteiger partial charge is 0.278 e. The van der Waals surface area contributed by atoms with Crippen LogP contribution in [-0.4, -0.2) is 23.0 Å². The maximum atomic E-state index is 11.3. The van der Waals surface area contributed by atoms with Gasteiger partial charge in [0, 0.05) is 6.20 Å². The Labute approximate surface area is 76.1 Å². The molecule has 0 unspecified atom stereocenters. The summed E-state index contributed by atoms with van der Waals surface area (Å²) >= 11 is 0. The number of rotatable bonds is 3. The maximum Gasteiger partial charge on any atom is 0.278 e. The van der Waals surface area contributed by atoms with E-state index in [1.807, 2.05) is 6.92 Å². The number of hydrogen-bond donors (Lipinski definition) is 1. The van der Waals surface area contributed by atoms with Gasteiger partial charge in [-0.1, -0.05) is 6.92 Å². The van der Waals surface area contributed by atoms with Crippen LogP contribution in [-0.2, 0) is 11.3 Å². The molecule has 0 radical (unpaired) electrons. The van der Waals surface area contributed by atoms with Crippen molar-refractivity contribution in [1.29, 1.82) is 0 Å². The Morgan fingerprint density at radius 2 is 2.46 bits per heavy atom. The summed E-state index contributed by atoms with van der Waals surface area (Å²) in [4.78, 5) is 23.6.